The van der Waals surface area contributed by atoms with Gasteiger partial charge in [-0.1, -0.05) is 0 Å². The summed E-state index contributed by atoms with van der Waals surface area (Å²) in [6.07, 6.45) is 0.326. The summed E-state index contributed by atoms with van der Waals surface area (Å²) < 4.78 is 17.3. The molecular formula is C9H15ClFNO. The van der Waals surface area contributed by atoms with Crippen molar-refractivity contribution in [3.8, 4) is 0 Å². The summed E-state index contributed by atoms with van der Waals surface area (Å²) in [7, 11) is 0. The van der Waals surface area contributed by atoms with E-state index in [0.717, 1.165) is 11.3 Å². The highest BCUT2D eigenvalue weighted by atomic mass is 35.5. The molecule has 0 bridgehead atoms. The molecule has 0 radical (unpaired) electrons. The van der Waals surface area contributed by atoms with Crippen molar-refractivity contribution in [1.82, 2.24) is 0 Å². The molecule has 1 heterocycles. The van der Waals surface area contributed by atoms with Crippen LogP contribution in [-0.2, 0) is 0 Å². The SMILES string of the molecule is Cc1cc([C@@H](N)CCF)oc1C.Cl. The number of halogens is 2. The average molecular weight is 208 g/mol. The van der Waals surface area contributed by atoms with Crippen LogP contribution in [0.5, 0.6) is 0 Å². The highest BCUT2D eigenvalue weighted by Crippen LogP contribution is 2.20. The molecule has 0 aliphatic rings. The van der Waals surface area contributed by atoms with E-state index in [1.807, 2.05) is 19.9 Å². The van der Waals surface area contributed by atoms with Crippen LogP contribution < -0.4 is 5.73 Å². The molecular weight excluding hydrogens is 193 g/mol. The predicted octanol–water partition coefficient (Wildman–Crippen LogP) is 2.68. The zero-order chi connectivity index (χ0) is 9.14. The third kappa shape index (κ3) is 3.01. The van der Waals surface area contributed by atoms with Gasteiger partial charge in [-0.3, -0.25) is 4.39 Å². The molecule has 0 aliphatic carbocycles. The molecule has 1 atom stereocenters. The predicted molar refractivity (Wildman–Crippen MR) is 53.0 cm³/mol. The first-order valence-corrected chi connectivity index (χ1v) is 4.03. The second-order valence-corrected chi connectivity index (χ2v) is 2.97. The Labute approximate surface area is 83.7 Å². The minimum absolute atomic E-state index is 0. The summed E-state index contributed by atoms with van der Waals surface area (Å²) in [5.41, 5.74) is 6.72. The molecule has 4 heteroatoms. The molecule has 2 N–H and O–H groups in total. The van der Waals surface area contributed by atoms with Gasteiger partial charge < -0.3 is 10.2 Å². The smallest absolute Gasteiger partial charge is 0.121 e. The maximum atomic E-state index is 11.9. The van der Waals surface area contributed by atoms with Crippen molar-refractivity contribution >= 4 is 12.4 Å². The van der Waals surface area contributed by atoms with Crippen LogP contribution in [-0.4, -0.2) is 6.67 Å². The van der Waals surface area contributed by atoms with Gasteiger partial charge in [0, 0.05) is 0 Å². The number of nitrogens with two attached hydrogens (primary N) is 1. The van der Waals surface area contributed by atoms with Gasteiger partial charge in [0.15, 0.2) is 0 Å². The van der Waals surface area contributed by atoms with E-state index >= 15 is 0 Å². The Hall–Kier alpha value is -0.540. The molecule has 0 fully saturated rings. The maximum Gasteiger partial charge on any atom is 0.121 e. The third-order valence-electron chi connectivity index (χ3n) is 1.97. The molecule has 0 aliphatic heterocycles. The highest BCUT2D eigenvalue weighted by molar-refractivity contribution is 5.85. The summed E-state index contributed by atoms with van der Waals surface area (Å²) in [5.74, 6) is 1.54. The summed E-state index contributed by atoms with van der Waals surface area (Å²) in [4.78, 5) is 0. The van der Waals surface area contributed by atoms with Crippen molar-refractivity contribution < 1.29 is 8.81 Å². The van der Waals surface area contributed by atoms with Gasteiger partial charge in [-0.25, -0.2) is 0 Å². The zero-order valence-electron chi connectivity index (χ0n) is 7.84. The summed E-state index contributed by atoms with van der Waals surface area (Å²) >= 11 is 0. The van der Waals surface area contributed by atoms with Crippen LogP contribution >= 0.6 is 12.4 Å². The number of furan rings is 1. The van der Waals surface area contributed by atoms with Gasteiger partial charge in [0.1, 0.15) is 11.5 Å². The Kier molecular flexibility index (Phi) is 5.03. The molecule has 1 rings (SSSR count). The Morgan fingerprint density at radius 2 is 2.15 bits per heavy atom. The van der Waals surface area contributed by atoms with Crippen molar-refractivity contribution in [3.05, 3.63) is 23.2 Å². The normalized spacial score (nSPS) is 12.3. The lowest BCUT2D eigenvalue weighted by Crippen LogP contribution is -2.09. The summed E-state index contributed by atoms with van der Waals surface area (Å²) in [6.45, 7) is 3.42. The molecule has 2 nitrogen and oxygen atoms in total. The lowest BCUT2D eigenvalue weighted by atomic mass is 10.1. The van der Waals surface area contributed by atoms with Crippen LogP contribution in [0.2, 0.25) is 0 Å². The van der Waals surface area contributed by atoms with Crippen LogP contribution in [0.1, 0.15) is 29.5 Å². The minimum atomic E-state index is -0.403. The first kappa shape index (κ1) is 12.5. The largest absolute Gasteiger partial charge is 0.464 e. The molecule has 1 aromatic rings. The molecule has 0 unspecified atom stereocenters. The van der Waals surface area contributed by atoms with Gasteiger partial charge >= 0.3 is 0 Å². The zero-order valence-corrected chi connectivity index (χ0v) is 8.66. The van der Waals surface area contributed by atoms with Crippen LogP contribution in [0, 0.1) is 13.8 Å². The number of rotatable bonds is 3. The third-order valence-corrected chi connectivity index (χ3v) is 1.97. The Morgan fingerprint density at radius 1 is 1.54 bits per heavy atom. The van der Waals surface area contributed by atoms with Gasteiger partial charge in [-0.05, 0) is 31.9 Å². The van der Waals surface area contributed by atoms with Gasteiger partial charge in [-0.2, -0.15) is 0 Å². The standard InChI is InChI=1S/C9H14FNO.ClH/c1-6-5-9(12-7(6)2)8(11)3-4-10;/h5,8H,3-4,11H2,1-2H3;1H/t8-;/m0./s1. The minimum Gasteiger partial charge on any atom is -0.464 e. The van der Waals surface area contributed by atoms with E-state index in [2.05, 4.69) is 0 Å². The molecule has 1 aromatic heterocycles. The van der Waals surface area contributed by atoms with Crippen LogP contribution in [0.15, 0.2) is 10.5 Å². The number of hydrogen-bond donors (Lipinski definition) is 1. The lowest BCUT2D eigenvalue weighted by molar-refractivity contribution is 0.389. The van der Waals surface area contributed by atoms with E-state index in [4.69, 9.17) is 10.2 Å². The molecule has 13 heavy (non-hydrogen) atoms. The van der Waals surface area contributed by atoms with E-state index in [1.54, 1.807) is 0 Å². The molecule has 0 saturated carbocycles. The maximum absolute atomic E-state index is 11.9. The first-order valence-electron chi connectivity index (χ1n) is 4.03. The molecule has 0 spiro atoms. The van der Waals surface area contributed by atoms with Crippen molar-refractivity contribution in [1.29, 1.82) is 0 Å². The summed E-state index contributed by atoms with van der Waals surface area (Å²) in [6, 6.07) is 1.57. The number of alkyl halides is 1. The van der Waals surface area contributed by atoms with E-state index in [-0.39, 0.29) is 18.4 Å². The van der Waals surface area contributed by atoms with E-state index in [1.165, 1.54) is 0 Å². The monoisotopic (exact) mass is 207 g/mol. The van der Waals surface area contributed by atoms with Crippen molar-refractivity contribution in [2.75, 3.05) is 6.67 Å². The Morgan fingerprint density at radius 3 is 2.54 bits per heavy atom. The molecule has 76 valence electrons. The Balaban J connectivity index is 0.00000144. The van der Waals surface area contributed by atoms with E-state index < -0.39 is 6.67 Å². The van der Waals surface area contributed by atoms with Crippen molar-refractivity contribution in [2.24, 2.45) is 5.73 Å². The summed E-state index contributed by atoms with van der Waals surface area (Å²) in [5, 5.41) is 0. The highest BCUT2D eigenvalue weighted by Gasteiger charge is 2.11. The van der Waals surface area contributed by atoms with Gasteiger partial charge in [0.05, 0.1) is 12.7 Å². The molecule has 0 amide bonds. The van der Waals surface area contributed by atoms with Crippen LogP contribution in [0.25, 0.3) is 0 Å². The van der Waals surface area contributed by atoms with Crippen molar-refractivity contribution in [3.63, 3.8) is 0 Å². The second-order valence-electron chi connectivity index (χ2n) is 2.97. The molecule has 0 saturated heterocycles. The van der Waals surface area contributed by atoms with E-state index in [0.29, 0.717) is 12.2 Å². The van der Waals surface area contributed by atoms with Crippen LogP contribution in [0.4, 0.5) is 4.39 Å². The van der Waals surface area contributed by atoms with Gasteiger partial charge in [0.25, 0.3) is 0 Å². The Bertz CT molecular complexity index is 243. The van der Waals surface area contributed by atoms with Crippen LogP contribution in [0.3, 0.4) is 0 Å². The molecule has 0 aromatic carbocycles. The quantitative estimate of drug-likeness (QED) is 0.828. The fourth-order valence-electron chi connectivity index (χ4n) is 1.04. The fraction of sp³-hybridized carbons (Fsp3) is 0.556. The van der Waals surface area contributed by atoms with E-state index in [9.17, 15) is 4.39 Å². The van der Waals surface area contributed by atoms with Gasteiger partial charge in [-0.15, -0.1) is 12.4 Å². The fourth-order valence-corrected chi connectivity index (χ4v) is 1.04. The second kappa shape index (κ2) is 5.25. The van der Waals surface area contributed by atoms with Crippen molar-refractivity contribution in [2.45, 2.75) is 26.3 Å². The topological polar surface area (TPSA) is 39.2 Å². The first-order chi connectivity index (χ1) is 5.65. The average Bonchev–Trinajstić information content (AvgIpc) is 2.33. The lowest BCUT2D eigenvalue weighted by Gasteiger charge is -2.03. The van der Waals surface area contributed by atoms with Gasteiger partial charge in [0.2, 0.25) is 0 Å². The number of aryl methyl sites for hydroxylation is 2. The number of hydrogen-bond acceptors (Lipinski definition) is 2.